The summed E-state index contributed by atoms with van der Waals surface area (Å²) in [4.78, 5) is 24.8. The second kappa shape index (κ2) is 6.51. The zero-order valence-electron chi connectivity index (χ0n) is 10.3. The Kier molecular flexibility index (Phi) is 5.29. The van der Waals surface area contributed by atoms with Gasteiger partial charge in [0.05, 0.1) is 6.54 Å². The summed E-state index contributed by atoms with van der Waals surface area (Å²) < 4.78 is 0. The third-order valence-corrected chi connectivity index (χ3v) is 2.84. The molecule has 1 N–H and O–H groups in total. The minimum absolute atomic E-state index is 0.0127. The highest BCUT2D eigenvalue weighted by Gasteiger charge is 2.17. The molecule has 0 saturated carbocycles. The van der Waals surface area contributed by atoms with Gasteiger partial charge in [-0.2, -0.15) is 0 Å². The zero-order chi connectivity index (χ0) is 12.0. The van der Waals surface area contributed by atoms with Crippen molar-refractivity contribution in [3.05, 3.63) is 0 Å². The van der Waals surface area contributed by atoms with Crippen LogP contribution >= 0.6 is 0 Å². The molecule has 0 unspecified atom stereocenters. The quantitative estimate of drug-likeness (QED) is 0.765. The molecule has 4 nitrogen and oxygen atoms in total. The molecule has 2 amide bonds. The minimum atomic E-state index is -0.0127. The Morgan fingerprint density at radius 2 is 1.88 bits per heavy atom. The number of hydrogen-bond donors (Lipinski definition) is 1. The molecule has 1 aliphatic heterocycles. The van der Waals surface area contributed by atoms with Gasteiger partial charge in [0.25, 0.3) is 0 Å². The first-order chi connectivity index (χ1) is 7.59. The Labute approximate surface area is 97.4 Å². The standard InChI is InChI=1S/C12H22N2O2/c1-10(2)5-6-11(15)13-9-12(16)14-7-3-4-8-14/h10H,3-9H2,1-2H3,(H,13,15). The van der Waals surface area contributed by atoms with Crippen molar-refractivity contribution in [1.29, 1.82) is 0 Å². The van der Waals surface area contributed by atoms with Crippen LogP contribution in [0.5, 0.6) is 0 Å². The predicted molar refractivity (Wildman–Crippen MR) is 62.9 cm³/mol. The lowest BCUT2D eigenvalue weighted by Crippen LogP contribution is -2.38. The molecular formula is C12H22N2O2. The highest BCUT2D eigenvalue weighted by molar-refractivity contribution is 5.84. The SMILES string of the molecule is CC(C)CCC(=O)NCC(=O)N1CCCC1. The van der Waals surface area contributed by atoms with E-state index < -0.39 is 0 Å². The van der Waals surface area contributed by atoms with Gasteiger partial charge in [-0.15, -0.1) is 0 Å². The topological polar surface area (TPSA) is 49.4 Å². The molecular weight excluding hydrogens is 204 g/mol. The maximum atomic E-state index is 11.6. The molecule has 92 valence electrons. The van der Waals surface area contributed by atoms with Gasteiger partial charge in [-0.05, 0) is 25.2 Å². The maximum Gasteiger partial charge on any atom is 0.241 e. The van der Waals surface area contributed by atoms with Crippen LogP contribution in [0.25, 0.3) is 0 Å². The molecule has 0 bridgehead atoms. The van der Waals surface area contributed by atoms with E-state index in [9.17, 15) is 9.59 Å². The lowest BCUT2D eigenvalue weighted by Gasteiger charge is -2.15. The summed E-state index contributed by atoms with van der Waals surface area (Å²) in [5.41, 5.74) is 0. The highest BCUT2D eigenvalue weighted by atomic mass is 16.2. The van der Waals surface area contributed by atoms with Crippen molar-refractivity contribution in [1.82, 2.24) is 10.2 Å². The molecule has 0 atom stereocenters. The Hall–Kier alpha value is -1.06. The zero-order valence-corrected chi connectivity index (χ0v) is 10.3. The number of likely N-dealkylation sites (tertiary alicyclic amines) is 1. The molecule has 0 spiro atoms. The number of carbonyl (C=O) groups excluding carboxylic acids is 2. The summed E-state index contributed by atoms with van der Waals surface area (Å²) >= 11 is 0. The lowest BCUT2D eigenvalue weighted by molar-refractivity contribution is -0.132. The molecule has 0 aromatic heterocycles. The van der Waals surface area contributed by atoms with Crippen molar-refractivity contribution in [3.8, 4) is 0 Å². The summed E-state index contributed by atoms with van der Waals surface area (Å²) in [7, 11) is 0. The van der Waals surface area contributed by atoms with E-state index in [1.807, 2.05) is 4.90 Å². The molecule has 0 aromatic rings. The van der Waals surface area contributed by atoms with Gasteiger partial charge < -0.3 is 10.2 Å². The molecule has 1 fully saturated rings. The van der Waals surface area contributed by atoms with Gasteiger partial charge in [-0.1, -0.05) is 13.8 Å². The normalized spacial score (nSPS) is 15.6. The maximum absolute atomic E-state index is 11.6. The Balaban J connectivity index is 2.13. The number of hydrogen-bond acceptors (Lipinski definition) is 2. The van der Waals surface area contributed by atoms with E-state index in [0.717, 1.165) is 32.4 Å². The van der Waals surface area contributed by atoms with Crippen molar-refractivity contribution in [2.24, 2.45) is 5.92 Å². The van der Waals surface area contributed by atoms with Crippen molar-refractivity contribution in [2.45, 2.75) is 39.5 Å². The Morgan fingerprint density at radius 1 is 1.25 bits per heavy atom. The average molecular weight is 226 g/mol. The van der Waals surface area contributed by atoms with E-state index in [2.05, 4.69) is 19.2 Å². The number of amides is 2. The molecule has 0 radical (unpaired) electrons. The summed E-state index contributed by atoms with van der Waals surface area (Å²) in [5, 5.41) is 2.68. The first-order valence-electron chi connectivity index (χ1n) is 6.14. The summed E-state index contributed by atoms with van der Waals surface area (Å²) in [6.07, 6.45) is 3.58. The largest absolute Gasteiger partial charge is 0.347 e. The van der Waals surface area contributed by atoms with Crippen LogP contribution in [0.1, 0.15) is 39.5 Å². The summed E-state index contributed by atoms with van der Waals surface area (Å²) in [5.74, 6) is 0.566. The van der Waals surface area contributed by atoms with E-state index in [4.69, 9.17) is 0 Å². The third-order valence-electron chi connectivity index (χ3n) is 2.84. The molecule has 1 rings (SSSR count). The number of rotatable bonds is 5. The molecule has 1 heterocycles. The molecule has 16 heavy (non-hydrogen) atoms. The van der Waals surface area contributed by atoms with E-state index in [1.165, 1.54) is 0 Å². The molecule has 1 saturated heterocycles. The first kappa shape index (κ1) is 13.0. The van der Waals surface area contributed by atoms with E-state index >= 15 is 0 Å². The van der Waals surface area contributed by atoms with E-state index in [1.54, 1.807) is 0 Å². The second-order valence-corrected chi connectivity index (χ2v) is 4.80. The minimum Gasteiger partial charge on any atom is -0.347 e. The van der Waals surface area contributed by atoms with Gasteiger partial charge in [-0.3, -0.25) is 9.59 Å². The van der Waals surface area contributed by atoms with Gasteiger partial charge >= 0.3 is 0 Å². The highest BCUT2D eigenvalue weighted by Crippen LogP contribution is 2.07. The lowest BCUT2D eigenvalue weighted by atomic mass is 10.1. The third kappa shape index (κ3) is 4.64. The smallest absolute Gasteiger partial charge is 0.241 e. The van der Waals surface area contributed by atoms with E-state index in [0.29, 0.717) is 12.3 Å². The van der Waals surface area contributed by atoms with Crippen molar-refractivity contribution in [2.75, 3.05) is 19.6 Å². The average Bonchev–Trinajstić information content (AvgIpc) is 2.76. The molecule has 1 aliphatic rings. The monoisotopic (exact) mass is 226 g/mol. The molecule has 0 aliphatic carbocycles. The summed E-state index contributed by atoms with van der Waals surface area (Å²) in [6.45, 7) is 6.03. The van der Waals surface area contributed by atoms with Gasteiger partial charge in [0.15, 0.2) is 0 Å². The van der Waals surface area contributed by atoms with Crippen LogP contribution in [-0.4, -0.2) is 36.3 Å². The predicted octanol–water partition coefficient (Wildman–Crippen LogP) is 1.16. The van der Waals surface area contributed by atoms with Crippen LogP contribution in [0.15, 0.2) is 0 Å². The molecule has 4 heteroatoms. The van der Waals surface area contributed by atoms with Gasteiger partial charge in [0.2, 0.25) is 11.8 Å². The Bertz CT molecular complexity index is 245. The van der Waals surface area contributed by atoms with Crippen molar-refractivity contribution in [3.63, 3.8) is 0 Å². The summed E-state index contributed by atoms with van der Waals surface area (Å²) in [6, 6.07) is 0. The van der Waals surface area contributed by atoms with Crippen LogP contribution in [-0.2, 0) is 9.59 Å². The molecule has 0 aromatic carbocycles. The van der Waals surface area contributed by atoms with Crippen LogP contribution in [0.2, 0.25) is 0 Å². The first-order valence-corrected chi connectivity index (χ1v) is 6.14. The van der Waals surface area contributed by atoms with Gasteiger partial charge in [0.1, 0.15) is 0 Å². The van der Waals surface area contributed by atoms with Crippen LogP contribution < -0.4 is 5.32 Å². The van der Waals surface area contributed by atoms with Crippen LogP contribution in [0.3, 0.4) is 0 Å². The van der Waals surface area contributed by atoms with Gasteiger partial charge in [-0.25, -0.2) is 0 Å². The number of nitrogens with zero attached hydrogens (tertiary/aromatic N) is 1. The van der Waals surface area contributed by atoms with Crippen LogP contribution in [0, 0.1) is 5.92 Å². The fraction of sp³-hybridized carbons (Fsp3) is 0.833. The van der Waals surface area contributed by atoms with E-state index in [-0.39, 0.29) is 18.4 Å². The van der Waals surface area contributed by atoms with Crippen molar-refractivity contribution < 1.29 is 9.59 Å². The van der Waals surface area contributed by atoms with Crippen LogP contribution in [0.4, 0.5) is 0 Å². The Morgan fingerprint density at radius 3 is 2.44 bits per heavy atom. The fourth-order valence-electron chi connectivity index (χ4n) is 1.76. The number of carbonyl (C=O) groups is 2. The van der Waals surface area contributed by atoms with Gasteiger partial charge in [0, 0.05) is 19.5 Å². The second-order valence-electron chi connectivity index (χ2n) is 4.80. The van der Waals surface area contributed by atoms with Crippen molar-refractivity contribution >= 4 is 11.8 Å². The fourth-order valence-corrected chi connectivity index (χ4v) is 1.76. The number of nitrogens with one attached hydrogen (secondary N) is 1.